The van der Waals surface area contributed by atoms with Gasteiger partial charge in [-0.05, 0) is 91.1 Å². The molecule has 0 saturated carbocycles. The van der Waals surface area contributed by atoms with Gasteiger partial charge in [0.25, 0.3) is 0 Å². The summed E-state index contributed by atoms with van der Waals surface area (Å²) >= 11 is 0. The quantitative estimate of drug-likeness (QED) is 0.107. The second kappa shape index (κ2) is 12.8. The summed E-state index contributed by atoms with van der Waals surface area (Å²) < 4.78 is 0. The molecule has 4 nitrogen and oxygen atoms in total. The van der Waals surface area contributed by atoms with Gasteiger partial charge in [-0.15, -0.1) is 6.58 Å². The van der Waals surface area contributed by atoms with Crippen molar-refractivity contribution < 1.29 is 0 Å². The molecule has 0 spiro atoms. The molecule has 0 bridgehead atoms. The van der Waals surface area contributed by atoms with E-state index < -0.39 is 0 Å². The Balaban J connectivity index is 1.32. The second-order valence-corrected chi connectivity index (χ2v) is 11.0. The molecule has 2 aromatic carbocycles. The summed E-state index contributed by atoms with van der Waals surface area (Å²) in [5.41, 5.74) is 9.87. The Bertz CT molecular complexity index is 1750. The normalized spacial score (nSPS) is 19.3. The van der Waals surface area contributed by atoms with Gasteiger partial charge in [0.1, 0.15) is 5.84 Å². The number of hydrogen-bond donors (Lipinski definition) is 0. The predicted octanol–water partition coefficient (Wildman–Crippen LogP) is 8.95. The number of aromatic nitrogens is 1. The highest BCUT2D eigenvalue weighted by Crippen LogP contribution is 2.35. The smallest absolute Gasteiger partial charge is 0.136 e. The molecule has 1 aliphatic carbocycles. The van der Waals surface area contributed by atoms with Gasteiger partial charge in [0.2, 0.25) is 0 Å². The zero-order valence-electron chi connectivity index (χ0n) is 24.6. The van der Waals surface area contributed by atoms with Crippen LogP contribution >= 0.6 is 0 Å². The van der Waals surface area contributed by atoms with Crippen molar-refractivity contribution in [1.82, 2.24) is 9.88 Å². The number of hydrogen-bond acceptors (Lipinski definition) is 4. The number of aliphatic imine (C=N–C) groups is 2. The van der Waals surface area contributed by atoms with Gasteiger partial charge in [-0.25, -0.2) is 0 Å². The van der Waals surface area contributed by atoms with Crippen molar-refractivity contribution in [3.8, 4) is 0 Å². The maximum atomic E-state index is 5.10. The van der Waals surface area contributed by atoms with E-state index in [0.29, 0.717) is 0 Å². The van der Waals surface area contributed by atoms with Crippen LogP contribution in [0.15, 0.2) is 144 Å². The van der Waals surface area contributed by atoms with E-state index in [1.54, 1.807) is 6.20 Å². The van der Waals surface area contributed by atoms with Crippen LogP contribution in [-0.4, -0.2) is 34.5 Å². The highest BCUT2D eigenvalue weighted by molar-refractivity contribution is 6.06. The minimum absolute atomic E-state index is 0.103. The maximum Gasteiger partial charge on any atom is 0.136 e. The van der Waals surface area contributed by atoms with E-state index in [1.165, 1.54) is 27.8 Å². The first-order chi connectivity index (χ1) is 21.1. The Morgan fingerprint density at radius 2 is 1.88 bits per heavy atom. The van der Waals surface area contributed by atoms with E-state index in [9.17, 15) is 0 Å². The lowest BCUT2D eigenvalue weighted by atomic mass is 9.91. The van der Waals surface area contributed by atoms with E-state index in [0.717, 1.165) is 47.6 Å². The van der Waals surface area contributed by atoms with Crippen LogP contribution in [0.25, 0.3) is 22.9 Å². The summed E-state index contributed by atoms with van der Waals surface area (Å²) in [6, 6.07) is 23.3. The van der Waals surface area contributed by atoms with Crippen LogP contribution in [0.2, 0.25) is 0 Å². The van der Waals surface area contributed by atoms with E-state index >= 15 is 0 Å². The number of fused-ring (bicyclic) bond motifs is 5. The maximum absolute atomic E-state index is 5.10. The summed E-state index contributed by atoms with van der Waals surface area (Å²) in [5.74, 6) is 1.05. The van der Waals surface area contributed by atoms with Gasteiger partial charge in [0.05, 0.1) is 23.5 Å². The van der Waals surface area contributed by atoms with Gasteiger partial charge in [0.15, 0.2) is 0 Å². The topological polar surface area (TPSA) is 40.9 Å². The molecule has 212 valence electrons. The molecule has 0 fully saturated rings. The van der Waals surface area contributed by atoms with Gasteiger partial charge < -0.3 is 4.90 Å². The first kappa shape index (κ1) is 28.0. The monoisotopic (exact) mass is 560 g/mol. The largest absolute Gasteiger partial charge is 0.323 e. The summed E-state index contributed by atoms with van der Waals surface area (Å²) in [5, 5.41) is 0. The van der Waals surface area contributed by atoms with Crippen molar-refractivity contribution in [3.63, 3.8) is 0 Å². The van der Waals surface area contributed by atoms with Crippen LogP contribution in [0.4, 0.5) is 0 Å². The molecule has 2 unspecified atom stereocenters. The van der Waals surface area contributed by atoms with E-state index in [4.69, 9.17) is 4.99 Å². The van der Waals surface area contributed by atoms with Crippen molar-refractivity contribution in [2.24, 2.45) is 9.98 Å². The molecule has 3 aliphatic rings. The lowest BCUT2D eigenvalue weighted by Crippen LogP contribution is -2.36. The third-order valence-electron chi connectivity index (χ3n) is 8.05. The van der Waals surface area contributed by atoms with Gasteiger partial charge in [-0.3, -0.25) is 15.0 Å². The van der Waals surface area contributed by atoms with Gasteiger partial charge >= 0.3 is 0 Å². The van der Waals surface area contributed by atoms with Crippen LogP contribution in [-0.2, 0) is 0 Å². The number of allylic oxidation sites excluding steroid dienone is 8. The second-order valence-electron chi connectivity index (χ2n) is 11.0. The fourth-order valence-electron chi connectivity index (χ4n) is 5.75. The highest BCUT2D eigenvalue weighted by atomic mass is 15.3. The molecule has 43 heavy (non-hydrogen) atoms. The molecule has 3 aromatic rings. The van der Waals surface area contributed by atoms with Crippen LogP contribution < -0.4 is 0 Å². The number of pyridine rings is 1. The zero-order chi connectivity index (χ0) is 29.6. The first-order valence-corrected chi connectivity index (χ1v) is 14.9. The SMILES string of the molecule is C=CCC/C=C(\C)C/C=C(\C=C(/N=C)c1ccccn1)c1cccc(C2=CC3C(C=C2)N=C2c4ccccc4C=CN23)c1. The van der Waals surface area contributed by atoms with Crippen molar-refractivity contribution in [2.75, 3.05) is 0 Å². The minimum Gasteiger partial charge on any atom is -0.323 e. The molecular weight excluding hydrogens is 524 g/mol. The van der Waals surface area contributed by atoms with E-state index in [1.807, 2.05) is 24.3 Å². The first-order valence-electron chi connectivity index (χ1n) is 14.9. The fraction of sp³-hybridized carbons (Fsp3) is 0.154. The summed E-state index contributed by atoms with van der Waals surface area (Å²) in [4.78, 5) is 16.3. The van der Waals surface area contributed by atoms with Gasteiger partial charge in [0, 0.05) is 18.0 Å². The Morgan fingerprint density at radius 3 is 2.72 bits per heavy atom. The lowest BCUT2D eigenvalue weighted by Gasteiger charge is -2.29. The number of unbranched alkanes of at least 4 members (excludes halogenated alkanes) is 1. The third kappa shape index (κ3) is 6.09. The molecule has 0 amide bonds. The van der Waals surface area contributed by atoms with Crippen molar-refractivity contribution in [1.29, 1.82) is 0 Å². The van der Waals surface area contributed by atoms with E-state index in [2.05, 4.69) is 132 Å². The molecule has 2 aliphatic heterocycles. The van der Waals surface area contributed by atoms with Crippen molar-refractivity contribution in [2.45, 2.75) is 38.3 Å². The molecule has 0 radical (unpaired) electrons. The number of benzene rings is 2. The third-order valence-corrected chi connectivity index (χ3v) is 8.05. The van der Waals surface area contributed by atoms with Crippen molar-refractivity contribution in [3.05, 3.63) is 162 Å². The minimum atomic E-state index is 0.103. The van der Waals surface area contributed by atoms with Crippen LogP contribution in [0.3, 0.4) is 0 Å². The molecule has 4 heteroatoms. The van der Waals surface area contributed by atoms with Crippen LogP contribution in [0.5, 0.6) is 0 Å². The Kier molecular flexibility index (Phi) is 8.37. The fourth-order valence-corrected chi connectivity index (χ4v) is 5.75. The Morgan fingerprint density at radius 1 is 1.00 bits per heavy atom. The lowest BCUT2D eigenvalue weighted by molar-refractivity contribution is 0.478. The summed E-state index contributed by atoms with van der Waals surface area (Å²) in [6.45, 7) is 9.88. The average Bonchev–Trinajstić information content (AvgIpc) is 3.44. The Hall–Kier alpha value is -5.09. The predicted molar refractivity (Wildman–Crippen MR) is 183 cm³/mol. The summed E-state index contributed by atoms with van der Waals surface area (Å²) in [7, 11) is 0. The average molecular weight is 561 g/mol. The molecule has 0 N–H and O–H groups in total. The number of rotatable bonds is 10. The van der Waals surface area contributed by atoms with Crippen LogP contribution in [0, 0.1) is 0 Å². The molecular formula is C39H36N4. The molecule has 3 heterocycles. The summed E-state index contributed by atoms with van der Waals surface area (Å²) in [6.07, 6.45) is 24.4. The van der Waals surface area contributed by atoms with Crippen molar-refractivity contribution >= 4 is 35.5 Å². The Labute approximate surface area is 254 Å². The van der Waals surface area contributed by atoms with Gasteiger partial charge in [-0.2, -0.15) is 0 Å². The zero-order valence-corrected chi connectivity index (χ0v) is 24.6. The molecule has 6 rings (SSSR count). The molecule has 1 aromatic heterocycles. The van der Waals surface area contributed by atoms with E-state index in [-0.39, 0.29) is 12.1 Å². The highest BCUT2D eigenvalue weighted by Gasteiger charge is 2.36. The number of nitrogens with zero attached hydrogens (tertiary/aromatic N) is 4. The van der Waals surface area contributed by atoms with Gasteiger partial charge in [-0.1, -0.05) is 90.6 Å². The standard InChI is InChI=1S/C39H36N4/c1-4-5-6-12-28(2)18-19-32(26-37(40-3)35-17-9-10-23-41-35)30-14-11-15-31(25-30)33-20-21-36-38(27-33)43-24-22-29-13-7-8-16-34(29)39(43)42-36/h4,7-17,19-27,36,38H,1,3,5-6,18H2,2H3/b28-12+,32-19+,37-26-. The van der Waals surface area contributed by atoms with Crippen LogP contribution in [0.1, 0.15) is 54.1 Å². The molecule has 0 saturated heterocycles. The number of amidine groups is 1. The molecule has 2 atom stereocenters.